The van der Waals surface area contributed by atoms with Crippen LogP contribution in [-0.4, -0.2) is 9.97 Å². The molecule has 0 bridgehead atoms. The van der Waals surface area contributed by atoms with E-state index >= 15 is 0 Å². The summed E-state index contributed by atoms with van der Waals surface area (Å²) in [4.78, 5) is 8.17. The van der Waals surface area contributed by atoms with Crippen molar-refractivity contribution < 1.29 is 4.42 Å². The van der Waals surface area contributed by atoms with E-state index in [1.165, 1.54) is 6.20 Å². The summed E-state index contributed by atoms with van der Waals surface area (Å²) in [6.07, 6.45) is 1.39. The fraction of sp³-hybridized carbons (Fsp3) is 0.364. The van der Waals surface area contributed by atoms with Crippen LogP contribution in [0.25, 0.3) is 11.1 Å². The van der Waals surface area contributed by atoms with Gasteiger partial charge in [0.15, 0.2) is 10.7 Å². The third kappa shape index (κ3) is 1.63. The van der Waals surface area contributed by atoms with Crippen LogP contribution in [0.4, 0.5) is 0 Å². The molecule has 2 aromatic heterocycles. The standard InChI is InChI=1S/C11H10ClN3O/c1-11(2,3)10-15-7-8(16-10)6(4-13)5-14-9(7)12/h5H,1-3H3. The Balaban J connectivity index is 2.80. The molecule has 0 aromatic carbocycles. The van der Waals surface area contributed by atoms with Crippen LogP contribution in [-0.2, 0) is 5.41 Å². The number of aromatic nitrogens is 2. The van der Waals surface area contributed by atoms with E-state index in [4.69, 9.17) is 21.3 Å². The highest BCUT2D eigenvalue weighted by Crippen LogP contribution is 2.30. The van der Waals surface area contributed by atoms with Crippen LogP contribution in [0, 0.1) is 11.3 Å². The molecule has 0 saturated carbocycles. The molecule has 0 fully saturated rings. The molecule has 0 spiro atoms. The van der Waals surface area contributed by atoms with Gasteiger partial charge in [0, 0.05) is 5.41 Å². The van der Waals surface area contributed by atoms with Crippen molar-refractivity contribution >= 4 is 22.7 Å². The van der Waals surface area contributed by atoms with Gasteiger partial charge < -0.3 is 4.42 Å². The molecule has 0 aliphatic rings. The van der Waals surface area contributed by atoms with E-state index in [0.29, 0.717) is 22.6 Å². The summed E-state index contributed by atoms with van der Waals surface area (Å²) in [6.45, 7) is 5.93. The molecular weight excluding hydrogens is 226 g/mol. The summed E-state index contributed by atoms with van der Waals surface area (Å²) in [5, 5.41) is 9.18. The molecule has 0 unspecified atom stereocenters. The second-order valence-electron chi connectivity index (χ2n) is 4.52. The van der Waals surface area contributed by atoms with Crippen LogP contribution in [0.1, 0.15) is 32.2 Å². The Morgan fingerprint density at radius 1 is 1.44 bits per heavy atom. The largest absolute Gasteiger partial charge is 0.439 e. The maximum Gasteiger partial charge on any atom is 0.201 e. The maximum atomic E-state index is 8.92. The highest BCUT2D eigenvalue weighted by molar-refractivity contribution is 6.33. The van der Waals surface area contributed by atoms with Gasteiger partial charge in [0.2, 0.25) is 5.89 Å². The van der Waals surface area contributed by atoms with Crippen LogP contribution >= 0.6 is 11.6 Å². The summed E-state index contributed by atoms with van der Waals surface area (Å²) in [6, 6.07) is 2.01. The highest BCUT2D eigenvalue weighted by atomic mass is 35.5. The molecule has 0 amide bonds. The Kier molecular flexibility index (Phi) is 2.36. The van der Waals surface area contributed by atoms with Crippen molar-refractivity contribution in [2.75, 3.05) is 0 Å². The quantitative estimate of drug-likeness (QED) is 0.659. The maximum absolute atomic E-state index is 8.92. The van der Waals surface area contributed by atoms with E-state index in [2.05, 4.69) is 9.97 Å². The van der Waals surface area contributed by atoms with E-state index in [9.17, 15) is 0 Å². The summed E-state index contributed by atoms with van der Waals surface area (Å²) in [7, 11) is 0. The normalized spacial score (nSPS) is 11.7. The van der Waals surface area contributed by atoms with Crippen LogP contribution in [0.15, 0.2) is 10.6 Å². The number of nitriles is 1. The summed E-state index contributed by atoms with van der Waals surface area (Å²) in [5.74, 6) is 0.550. The molecule has 0 N–H and O–H groups in total. The summed E-state index contributed by atoms with van der Waals surface area (Å²) >= 11 is 5.91. The van der Waals surface area contributed by atoms with Gasteiger partial charge in [-0.3, -0.25) is 0 Å². The van der Waals surface area contributed by atoms with Gasteiger partial charge in [-0.15, -0.1) is 0 Å². The molecule has 0 atom stereocenters. The van der Waals surface area contributed by atoms with Crippen molar-refractivity contribution in [2.24, 2.45) is 0 Å². The molecule has 5 heteroatoms. The number of hydrogen-bond acceptors (Lipinski definition) is 4. The predicted octanol–water partition coefficient (Wildman–Crippen LogP) is 3.05. The van der Waals surface area contributed by atoms with Gasteiger partial charge in [-0.1, -0.05) is 32.4 Å². The van der Waals surface area contributed by atoms with Gasteiger partial charge in [0.25, 0.3) is 0 Å². The van der Waals surface area contributed by atoms with Gasteiger partial charge in [0.05, 0.1) is 6.20 Å². The van der Waals surface area contributed by atoms with E-state index in [-0.39, 0.29) is 10.6 Å². The number of rotatable bonds is 0. The lowest BCUT2D eigenvalue weighted by atomic mass is 9.97. The van der Waals surface area contributed by atoms with Crippen LogP contribution in [0.5, 0.6) is 0 Å². The fourth-order valence-corrected chi connectivity index (χ4v) is 1.46. The topological polar surface area (TPSA) is 62.7 Å². The molecule has 0 saturated heterocycles. The minimum Gasteiger partial charge on any atom is -0.439 e. The van der Waals surface area contributed by atoms with Gasteiger partial charge in [0.1, 0.15) is 17.1 Å². The van der Waals surface area contributed by atoms with Gasteiger partial charge in [-0.25, -0.2) is 9.97 Å². The van der Waals surface area contributed by atoms with E-state index in [1.54, 1.807) is 0 Å². The van der Waals surface area contributed by atoms with Crippen molar-refractivity contribution in [3.8, 4) is 6.07 Å². The van der Waals surface area contributed by atoms with Crippen molar-refractivity contribution in [1.82, 2.24) is 9.97 Å². The van der Waals surface area contributed by atoms with Crippen molar-refractivity contribution in [2.45, 2.75) is 26.2 Å². The highest BCUT2D eigenvalue weighted by Gasteiger charge is 2.23. The first-order valence-corrected chi connectivity index (χ1v) is 5.17. The molecule has 0 aliphatic heterocycles. The molecule has 2 aromatic rings. The number of nitrogens with zero attached hydrogens (tertiary/aromatic N) is 3. The molecule has 2 heterocycles. The fourth-order valence-electron chi connectivity index (χ4n) is 1.28. The van der Waals surface area contributed by atoms with Crippen molar-refractivity contribution in [1.29, 1.82) is 5.26 Å². The lowest BCUT2D eigenvalue weighted by Gasteiger charge is -2.11. The molecule has 2 rings (SSSR count). The van der Waals surface area contributed by atoms with Gasteiger partial charge in [-0.05, 0) is 0 Å². The van der Waals surface area contributed by atoms with Crippen molar-refractivity contribution in [3.63, 3.8) is 0 Å². The summed E-state index contributed by atoms with van der Waals surface area (Å²) in [5.41, 5.74) is 0.982. The first kappa shape index (κ1) is 10.9. The molecule has 16 heavy (non-hydrogen) atoms. The Bertz CT molecular complexity index is 590. The molecule has 0 aliphatic carbocycles. The minimum atomic E-state index is -0.227. The first-order chi connectivity index (χ1) is 7.43. The second-order valence-corrected chi connectivity index (χ2v) is 4.88. The molecular formula is C11H10ClN3O. The number of pyridine rings is 1. The number of fused-ring (bicyclic) bond motifs is 1. The number of oxazole rings is 1. The third-order valence-electron chi connectivity index (χ3n) is 2.14. The van der Waals surface area contributed by atoms with E-state index in [0.717, 1.165) is 0 Å². The third-order valence-corrected chi connectivity index (χ3v) is 2.41. The zero-order valence-electron chi connectivity index (χ0n) is 9.21. The molecule has 0 radical (unpaired) electrons. The SMILES string of the molecule is CC(C)(C)c1nc2c(Cl)ncc(C#N)c2o1. The smallest absolute Gasteiger partial charge is 0.201 e. The Morgan fingerprint density at radius 3 is 2.69 bits per heavy atom. The first-order valence-electron chi connectivity index (χ1n) is 4.79. The zero-order chi connectivity index (χ0) is 11.9. The number of hydrogen-bond donors (Lipinski definition) is 0. The Labute approximate surface area is 97.9 Å². The predicted molar refractivity (Wildman–Crippen MR) is 60.2 cm³/mol. The Morgan fingerprint density at radius 2 is 2.12 bits per heavy atom. The van der Waals surface area contributed by atoms with Gasteiger partial charge >= 0.3 is 0 Å². The average Bonchev–Trinajstić information content (AvgIpc) is 2.63. The second kappa shape index (κ2) is 3.46. The Hall–Kier alpha value is -1.60. The lowest BCUT2D eigenvalue weighted by molar-refractivity contribution is 0.410. The van der Waals surface area contributed by atoms with E-state index < -0.39 is 0 Å². The minimum absolute atomic E-state index is 0.227. The lowest BCUT2D eigenvalue weighted by Crippen LogP contribution is -2.10. The van der Waals surface area contributed by atoms with Crippen molar-refractivity contribution in [3.05, 3.63) is 22.8 Å². The monoisotopic (exact) mass is 235 g/mol. The van der Waals surface area contributed by atoms with Crippen LogP contribution < -0.4 is 0 Å². The van der Waals surface area contributed by atoms with Crippen LogP contribution in [0.2, 0.25) is 5.15 Å². The number of halogens is 1. The summed E-state index contributed by atoms with van der Waals surface area (Å²) < 4.78 is 5.58. The van der Waals surface area contributed by atoms with Gasteiger partial charge in [-0.2, -0.15) is 5.26 Å². The zero-order valence-corrected chi connectivity index (χ0v) is 9.96. The molecule has 4 nitrogen and oxygen atoms in total. The average molecular weight is 236 g/mol. The molecule has 82 valence electrons. The van der Waals surface area contributed by atoms with Crippen LogP contribution in [0.3, 0.4) is 0 Å². The van der Waals surface area contributed by atoms with E-state index in [1.807, 2.05) is 26.8 Å².